The van der Waals surface area contributed by atoms with E-state index in [2.05, 4.69) is 5.10 Å². The monoisotopic (exact) mass is 236 g/mol. The van der Waals surface area contributed by atoms with Crippen LogP contribution in [0.2, 0.25) is 0 Å². The van der Waals surface area contributed by atoms with Crippen molar-refractivity contribution in [1.82, 2.24) is 9.78 Å². The minimum Gasteiger partial charge on any atom is -0.268 e. The van der Waals surface area contributed by atoms with E-state index in [0.717, 1.165) is 12.8 Å². The van der Waals surface area contributed by atoms with Gasteiger partial charge in [-0.25, -0.2) is 8.42 Å². The molecular formula is C8H13ClN2O2S. The van der Waals surface area contributed by atoms with Gasteiger partial charge in [0.05, 0.1) is 12.2 Å². The molecule has 1 aromatic rings. The lowest BCUT2D eigenvalue weighted by Crippen LogP contribution is -2.06. The average molecular weight is 237 g/mol. The molecule has 1 aromatic heterocycles. The largest absolute Gasteiger partial charge is 0.268 e. The third-order valence-corrected chi connectivity index (χ3v) is 3.48. The van der Waals surface area contributed by atoms with Crippen LogP contribution in [0.1, 0.15) is 32.7 Å². The fraction of sp³-hybridized carbons (Fsp3) is 0.625. The topological polar surface area (TPSA) is 52.0 Å². The summed E-state index contributed by atoms with van der Waals surface area (Å²) in [6.07, 6.45) is 4.58. The summed E-state index contributed by atoms with van der Waals surface area (Å²) in [6, 6.07) is 0.238. The summed E-state index contributed by atoms with van der Waals surface area (Å²) in [7, 11) is 1.54. The molecule has 0 aliphatic heterocycles. The van der Waals surface area contributed by atoms with Crippen LogP contribution in [0.15, 0.2) is 17.3 Å². The van der Waals surface area contributed by atoms with Gasteiger partial charge in [0, 0.05) is 16.9 Å². The van der Waals surface area contributed by atoms with Crippen LogP contribution in [-0.2, 0) is 9.05 Å². The van der Waals surface area contributed by atoms with Crippen molar-refractivity contribution >= 4 is 19.7 Å². The van der Waals surface area contributed by atoms with Crippen molar-refractivity contribution < 1.29 is 8.42 Å². The molecule has 0 unspecified atom stereocenters. The maximum Gasteiger partial charge on any atom is 0.264 e. The fourth-order valence-corrected chi connectivity index (χ4v) is 1.95. The molecule has 0 spiro atoms. The lowest BCUT2D eigenvalue weighted by Gasteiger charge is -2.11. The van der Waals surface area contributed by atoms with Gasteiger partial charge in [0.15, 0.2) is 0 Å². The van der Waals surface area contributed by atoms with E-state index in [9.17, 15) is 8.42 Å². The molecule has 6 heteroatoms. The van der Waals surface area contributed by atoms with E-state index in [-0.39, 0.29) is 10.9 Å². The van der Waals surface area contributed by atoms with Crippen molar-refractivity contribution in [3.05, 3.63) is 12.4 Å². The van der Waals surface area contributed by atoms with Gasteiger partial charge in [-0.2, -0.15) is 5.10 Å². The number of aromatic nitrogens is 2. The summed E-state index contributed by atoms with van der Waals surface area (Å²) in [5.41, 5.74) is 0. The first-order valence-corrected chi connectivity index (χ1v) is 6.78. The van der Waals surface area contributed by atoms with E-state index in [4.69, 9.17) is 10.7 Å². The minimum absolute atomic E-state index is 0.0612. The molecule has 4 nitrogen and oxygen atoms in total. The van der Waals surface area contributed by atoms with Crippen molar-refractivity contribution in [2.24, 2.45) is 0 Å². The van der Waals surface area contributed by atoms with Crippen LogP contribution < -0.4 is 0 Å². The zero-order chi connectivity index (χ0) is 10.8. The predicted octanol–water partition coefficient (Wildman–Crippen LogP) is 2.17. The molecule has 0 atom stereocenters. The van der Waals surface area contributed by atoms with Gasteiger partial charge in [-0.05, 0) is 12.8 Å². The summed E-state index contributed by atoms with van der Waals surface area (Å²) < 4.78 is 23.6. The smallest absolute Gasteiger partial charge is 0.264 e. The number of hydrogen-bond donors (Lipinski definition) is 0. The lowest BCUT2D eigenvalue weighted by molar-refractivity contribution is 0.428. The molecule has 0 bridgehead atoms. The summed E-state index contributed by atoms with van der Waals surface area (Å²) in [5.74, 6) is 0. The molecule has 0 aromatic carbocycles. The first kappa shape index (κ1) is 11.5. The number of nitrogens with zero attached hydrogens (tertiary/aromatic N) is 2. The summed E-state index contributed by atoms with van der Waals surface area (Å²) >= 11 is 0. The van der Waals surface area contributed by atoms with Crippen LogP contribution in [-0.4, -0.2) is 18.2 Å². The van der Waals surface area contributed by atoms with Crippen LogP contribution in [0.5, 0.6) is 0 Å². The quantitative estimate of drug-likeness (QED) is 0.753. The molecule has 0 N–H and O–H groups in total. The van der Waals surface area contributed by atoms with Crippen molar-refractivity contribution in [1.29, 1.82) is 0 Å². The highest BCUT2D eigenvalue weighted by molar-refractivity contribution is 8.13. The molecule has 0 fully saturated rings. The average Bonchev–Trinajstić information content (AvgIpc) is 2.54. The Morgan fingerprint density at radius 3 is 2.43 bits per heavy atom. The Morgan fingerprint density at radius 1 is 1.50 bits per heavy atom. The van der Waals surface area contributed by atoms with Crippen LogP contribution in [0, 0.1) is 0 Å². The first-order chi connectivity index (χ1) is 6.49. The van der Waals surface area contributed by atoms with E-state index in [1.165, 1.54) is 12.4 Å². The van der Waals surface area contributed by atoms with Gasteiger partial charge in [-0.15, -0.1) is 0 Å². The van der Waals surface area contributed by atoms with Crippen molar-refractivity contribution in [2.45, 2.75) is 37.6 Å². The molecule has 1 heterocycles. The van der Waals surface area contributed by atoms with Gasteiger partial charge in [0.2, 0.25) is 0 Å². The molecule has 0 saturated heterocycles. The SMILES string of the molecule is CCC(CC)n1cc(S(=O)(=O)Cl)cn1. The Kier molecular flexibility index (Phi) is 3.55. The second-order valence-electron chi connectivity index (χ2n) is 3.06. The molecule has 0 aliphatic carbocycles. The lowest BCUT2D eigenvalue weighted by atomic mass is 10.2. The van der Waals surface area contributed by atoms with E-state index < -0.39 is 9.05 Å². The minimum atomic E-state index is -3.64. The second-order valence-corrected chi connectivity index (χ2v) is 5.63. The third kappa shape index (κ3) is 2.48. The standard InChI is InChI=1S/C8H13ClN2O2S/c1-3-7(4-2)11-6-8(5-10-11)14(9,12)13/h5-7H,3-4H2,1-2H3. The van der Waals surface area contributed by atoms with Crippen LogP contribution in [0.3, 0.4) is 0 Å². The van der Waals surface area contributed by atoms with Gasteiger partial charge in [0.1, 0.15) is 4.90 Å². The highest BCUT2D eigenvalue weighted by Crippen LogP contribution is 2.19. The van der Waals surface area contributed by atoms with Crippen molar-refractivity contribution in [3.8, 4) is 0 Å². The molecule has 0 aliphatic rings. The Labute approximate surface area is 88.3 Å². The summed E-state index contributed by atoms with van der Waals surface area (Å²) in [4.78, 5) is 0.0612. The Morgan fingerprint density at radius 2 is 2.07 bits per heavy atom. The maximum atomic E-state index is 11.0. The third-order valence-electron chi connectivity index (χ3n) is 2.18. The summed E-state index contributed by atoms with van der Waals surface area (Å²) in [6.45, 7) is 4.06. The molecule has 0 amide bonds. The van der Waals surface area contributed by atoms with Gasteiger partial charge < -0.3 is 0 Å². The highest BCUT2D eigenvalue weighted by Gasteiger charge is 2.15. The number of rotatable bonds is 4. The number of halogens is 1. The Balaban J connectivity index is 2.99. The van der Waals surface area contributed by atoms with Crippen molar-refractivity contribution in [3.63, 3.8) is 0 Å². The molecule has 0 saturated carbocycles. The predicted molar refractivity (Wildman–Crippen MR) is 54.9 cm³/mol. The van der Waals surface area contributed by atoms with E-state index >= 15 is 0 Å². The summed E-state index contributed by atoms with van der Waals surface area (Å²) in [5, 5.41) is 3.98. The van der Waals surface area contributed by atoms with E-state index in [1.54, 1.807) is 4.68 Å². The molecule has 0 radical (unpaired) electrons. The molecule has 80 valence electrons. The Bertz CT molecular complexity index is 395. The zero-order valence-electron chi connectivity index (χ0n) is 8.14. The zero-order valence-corrected chi connectivity index (χ0v) is 9.72. The molecule has 14 heavy (non-hydrogen) atoms. The Hall–Kier alpha value is -0.550. The van der Waals surface area contributed by atoms with Crippen LogP contribution in [0.4, 0.5) is 0 Å². The first-order valence-electron chi connectivity index (χ1n) is 4.47. The van der Waals surface area contributed by atoms with Gasteiger partial charge >= 0.3 is 0 Å². The molecular weight excluding hydrogens is 224 g/mol. The normalized spacial score (nSPS) is 12.3. The van der Waals surface area contributed by atoms with Gasteiger partial charge in [0.25, 0.3) is 9.05 Å². The fourth-order valence-electron chi connectivity index (χ4n) is 1.31. The van der Waals surface area contributed by atoms with Crippen molar-refractivity contribution in [2.75, 3.05) is 0 Å². The van der Waals surface area contributed by atoms with E-state index in [0.29, 0.717) is 0 Å². The van der Waals surface area contributed by atoms with Crippen LogP contribution >= 0.6 is 10.7 Å². The number of hydrogen-bond acceptors (Lipinski definition) is 3. The molecule has 1 rings (SSSR count). The van der Waals surface area contributed by atoms with Gasteiger partial charge in [-0.1, -0.05) is 13.8 Å². The van der Waals surface area contributed by atoms with E-state index in [1.807, 2.05) is 13.8 Å². The highest BCUT2D eigenvalue weighted by atomic mass is 35.7. The van der Waals surface area contributed by atoms with Crippen LogP contribution in [0.25, 0.3) is 0 Å². The second kappa shape index (κ2) is 4.31. The maximum absolute atomic E-state index is 11.0. The van der Waals surface area contributed by atoms with Gasteiger partial charge in [-0.3, -0.25) is 4.68 Å².